The largest absolute Gasteiger partial charge is 0.383 e. The fourth-order valence-corrected chi connectivity index (χ4v) is 3.01. The number of methoxy groups -OCH3 is 1. The fraction of sp³-hybridized carbons (Fsp3) is 0.643. The first-order chi connectivity index (χ1) is 9.31. The van der Waals surface area contributed by atoms with Crippen LogP contribution in [-0.4, -0.2) is 32.7 Å². The van der Waals surface area contributed by atoms with Crippen molar-refractivity contribution in [3.8, 4) is 0 Å². The summed E-state index contributed by atoms with van der Waals surface area (Å²) >= 11 is 1.80. The van der Waals surface area contributed by atoms with E-state index in [-0.39, 0.29) is 5.91 Å². The first kappa shape index (κ1) is 14.5. The number of carbonyl (C=O) groups is 1. The highest BCUT2D eigenvalue weighted by Crippen LogP contribution is 2.42. The van der Waals surface area contributed by atoms with Gasteiger partial charge < -0.3 is 15.4 Å². The van der Waals surface area contributed by atoms with E-state index in [0.29, 0.717) is 25.6 Å². The minimum atomic E-state index is 0.0882. The molecule has 2 rings (SSSR count). The standard InChI is InChI=1S/C14H22N2O2S/c1-18-9-8-15-13(17)6-7-16-14(11-4-5-11)12-3-2-10-19-12/h2-3,10-11,14,16H,4-9H2,1H3,(H,15,17). The van der Waals surface area contributed by atoms with Gasteiger partial charge in [-0.15, -0.1) is 11.3 Å². The molecule has 5 heteroatoms. The molecule has 0 aromatic carbocycles. The van der Waals surface area contributed by atoms with Crippen molar-refractivity contribution in [1.29, 1.82) is 0 Å². The lowest BCUT2D eigenvalue weighted by Gasteiger charge is -2.16. The summed E-state index contributed by atoms with van der Waals surface area (Å²) in [7, 11) is 1.63. The number of hydrogen-bond donors (Lipinski definition) is 2. The molecule has 1 aromatic heterocycles. The molecule has 1 heterocycles. The second-order valence-corrected chi connectivity index (χ2v) is 5.86. The third-order valence-electron chi connectivity index (χ3n) is 3.29. The zero-order chi connectivity index (χ0) is 13.5. The van der Waals surface area contributed by atoms with Gasteiger partial charge in [-0.25, -0.2) is 0 Å². The zero-order valence-corrected chi connectivity index (χ0v) is 12.2. The maximum absolute atomic E-state index is 11.6. The molecule has 1 aliphatic rings. The van der Waals surface area contributed by atoms with Gasteiger partial charge in [0.05, 0.1) is 6.61 Å². The van der Waals surface area contributed by atoms with Gasteiger partial charge in [-0.1, -0.05) is 6.07 Å². The molecule has 1 aromatic rings. The highest BCUT2D eigenvalue weighted by molar-refractivity contribution is 7.10. The Kier molecular flexibility index (Phi) is 5.82. The average Bonchev–Trinajstić information content (AvgIpc) is 3.09. The molecular weight excluding hydrogens is 260 g/mol. The van der Waals surface area contributed by atoms with Crippen molar-refractivity contribution in [1.82, 2.24) is 10.6 Å². The lowest BCUT2D eigenvalue weighted by atomic mass is 10.1. The number of amides is 1. The quantitative estimate of drug-likeness (QED) is 0.681. The molecular formula is C14H22N2O2S. The van der Waals surface area contributed by atoms with Crippen molar-refractivity contribution in [2.75, 3.05) is 26.8 Å². The van der Waals surface area contributed by atoms with Gasteiger partial charge in [-0.3, -0.25) is 4.79 Å². The Morgan fingerprint density at radius 1 is 1.53 bits per heavy atom. The van der Waals surface area contributed by atoms with Crippen molar-refractivity contribution in [2.45, 2.75) is 25.3 Å². The van der Waals surface area contributed by atoms with Crippen LogP contribution in [0, 0.1) is 5.92 Å². The maximum Gasteiger partial charge on any atom is 0.221 e. The summed E-state index contributed by atoms with van der Waals surface area (Å²) in [5.41, 5.74) is 0. The van der Waals surface area contributed by atoms with Gasteiger partial charge in [0.15, 0.2) is 0 Å². The summed E-state index contributed by atoms with van der Waals surface area (Å²) in [5.74, 6) is 0.848. The van der Waals surface area contributed by atoms with E-state index in [4.69, 9.17) is 4.74 Å². The number of rotatable bonds is 9. The monoisotopic (exact) mass is 282 g/mol. The summed E-state index contributed by atoms with van der Waals surface area (Å²) in [6.07, 6.45) is 3.13. The Hall–Kier alpha value is -0.910. The molecule has 2 N–H and O–H groups in total. The number of nitrogens with one attached hydrogen (secondary N) is 2. The molecule has 0 spiro atoms. The van der Waals surface area contributed by atoms with E-state index >= 15 is 0 Å². The van der Waals surface area contributed by atoms with Crippen LogP contribution in [0.5, 0.6) is 0 Å². The highest BCUT2D eigenvalue weighted by atomic mass is 32.1. The van der Waals surface area contributed by atoms with Crippen molar-refractivity contribution in [3.63, 3.8) is 0 Å². The van der Waals surface area contributed by atoms with E-state index in [2.05, 4.69) is 28.1 Å². The van der Waals surface area contributed by atoms with Crippen LogP contribution in [0.2, 0.25) is 0 Å². The summed E-state index contributed by atoms with van der Waals surface area (Å²) in [6, 6.07) is 4.71. The predicted molar refractivity (Wildman–Crippen MR) is 77.3 cm³/mol. The molecule has 19 heavy (non-hydrogen) atoms. The molecule has 1 aliphatic carbocycles. The molecule has 0 aliphatic heterocycles. The predicted octanol–water partition coefficient (Wildman–Crippen LogP) is 1.94. The van der Waals surface area contributed by atoms with Crippen LogP contribution in [0.3, 0.4) is 0 Å². The topological polar surface area (TPSA) is 50.4 Å². The lowest BCUT2D eigenvalue weighted by Crippen LogP contribution is -2.31. The molecule has 1 fully saturated rings. The minimum absolute atomic E-state index is 0.0882. The van der Waals surface area contributed by atoms with Crippen molar-refractivity contribution in [2.24, 2.45) is 5.92 Å². The van der Waals surface area contributed by atoms with Gasteiger partial charge in [0.1, 0.15) is 0 Å². The molecule has 1 atom stereocenters. The number of hydrogen-bond acceptors (Lipinski definition) is 4. The van der Waals surface area contributed by atoms with E-state index in [1.807, 2.05) is 0 Å². The summed E-state index contributed by atoms with van der Waals surface area (Å²) in [4.78, 5) is 13.0. The van der Waals surface area contributed by atoms with Crippen LogP contribution >= 0.6 is 11.3 Å². The SMILES string of the molecule is COCCNC(=O)CCNC(c1cccs1)C1CC1. The second kappa shape index (κ2) is 7.62. The maximum atomic E-state index is 11.6. The van der Waals surface area contributed by atoms with Crippen LogP contribution in [0.25, 0.3) is 0 Å². The molecule has 1 unspecified atom stereocenters. The Morgan fingerprint density at radius 3 is 3.00 bits per heavy atom. The Morgan fingerprint density at radius 2 is 2.37 bits per heavy atom. The highest BCUT2D eigenvalue weighted by Gasteiger charge is 2.32. The molecule has 0 bridgehead atoms. The van der Waals surface area contributed by atoms with Crippen molar-refractivity contribution < 1.29 is 9.53 Å². The second-order valence-electron chi connectivity index (χ2n) is 4.88. The Bertz CT molecular complexity index is 377. The van der Waals surface area contributed by atoms with E-state index < -0.39 is 0 Å². The molecule has 1 saturated carbocycles. The summed E-state index contributed by atoms with van der Waals surface area (Å²) < 4.78 is 4.89. The van der Waals surface area contributed by atoms with E-state index in [0.717, 1.165) is 12.5 Å². The van der Waals surface area contributed by atoms with Gasteiger partial charge in [-0.2, -0.15) is 0 Å². The molecule has 0 saturated heterocycles. The van der Waals surface area contributed by atoms with Crippen LogP contribution in [0.1, 0.15) is 30.2 Å². The molecule has 4 nitrogen and oxygen atoms in total. The number of thiophene rings is 1. The van der Waals surface area contributed by atoms with Gasteiger partial charge in [-0.05, 0) is 30.2 Å². The van der Waals surface area contributed by atoms with Crippen LogP contribution < -0.4 is 10.6 Å². The normalized spacial score (nSPS) is 16.3. The van der Waals surface area contributed by atoms with Crippen LogP contribution in [-0.2, 0) is 9.53 Å². The van der Waals surface area contributed by atoms with Gasteiger partial charge in [0.2, 0.25) is 5.91 Å². The third kappa shape index (κ3) is 4.93. The number of carbonyl (C=O) groups excluding carboxylic acids is 1. The summed E-state index contributed by atoms with van der Waals surface area (Å²) in [5, 5.41) is 8.47. The third-order valence-corrected chi connectivity index (χ3v) is 4.24. The molecule has 106 valence electrons. The van der Waals surface area contributed by atoms with E-state index in [1.165, 1.54) is 17.7 Å². The lowest BCUT2D eigenvalue weighted by molar-refractivity contribution is -0.121. The average molecular weight is 282 g/mol. The van der Waals surface area contributed by atoms with Crippen LogP contribution in [0.15, 0.2) is 17.5 Å². The Balaban J connectivity index is 1.67. The van der Waals surface area contributed by atoms with Gasteiger partial charge in [0, 0.05) is 37.5 Å². The fourth-order valence-electron chi connectivity index (χ4n) is 2.12. The smallest absolute Gasteiger partial charge is 0.221 e. The van der Waals surface area contributed by atoms with Crippen molar-refractivity contribution in [3.05, 3.63) is 22.4 Å². The first-order valence-corrected chi connectivity index (χ1v) is 7.71. The van der Waals surface area contributed by atoms with Gasteiger partial charge in [0.25, 0.3) is 0 Å². The molecule has 0 radical (unpaired) electrons. The Labute approximate surface area is 118 Å². The minimum Gasteiger partial charge on any atom is -0.383 e. The first-order valence-electron chi connectivity index (χ1n) is 6.83. The van der Waals surface area contributed by atoms with E-state index in [1.54, 1.807) is 18.4 Å². The summed E-state index contributed by atoms with van der Waals surface area (Å²) in [6.45, 7) is 1.89. The molecule has 1 amide bonds. The van der Waals surface area contributed by atoms with Gasteiger partial charge >= 0.3 is 0 Å². The zero-order valence-electron chi connectivity index (χ0n) is 11.4. The van der Waals surface area contributed by atoms with E-state index in [9.17, 15) is 4.79 Å². The number of ether oxygens (including phenoxy) is 1. The van der Waals surface area contributed by atoms with Crippen molar-refractivity contribution >= 4 is 17.2 Å². The van der Waals surface area contributed by atoms with Crippen LogP contribution in [0.4, 0.5) is 0 Å².